The van der Waals surface area contributed by atoms with Crippen molar-refractivity contribution in [1.82, 2.24) is 0 Å². The Morgan fingerprint density at radius 2 is 1.43 bits per heavy atom. The molecule has 0 radical (unpaired) electrons. The van der Waals surface area contributed by atoms with Crippen LogP contribution in [0.4, 0.5) is 0 Å². The number of cyclic esters (lactones) is 1. The van der Waals surface area contributed by atoms with Crippen LogP contribution in [-0.4, -0.2) is 32.3 Å². The van der Waals surface area contributed by atoms with Gasteiger partial charge in [-0.1, -0.05) is 87.9 Å². The highest BCUT2D eigenvalue weighted by atomic mass is 28.4. The number of benzene rings is 2. The number of carbonyl (C=O) groups is 2. The zero-order valence-electron chi connectivity index (χ0n) is 21.7. The molecule has 0 unspecified atom stereocenters. The molecule has 1 saturated heterocycles. The summed E-state index contributed by atoms with van der Waals surface area (Å²) < 4.78 is 13.2. The van der Waals surface area contributed by atoms with Crippen LogP contribution in [0.15, 0.2) is 60.7 Å². The van der Waals surface area contributed by atoms with Gasteiger partial charge in [-0.3, -0.25) is 9.59 Å². The van der Waals surface area contributed by atoms with E-state index in [-0.39, 0.29) is 41.5 Å². The second-order valence-electron chi connectivity index (χ2n) is 11.4. The molecule has 0 amide bonds. The molecule has 5 heteroatoms. The largest absolute Gasteiger partial charge is 0.463 e. The van der Waals surface area contributed by atoms with E-state index in [2.05, 4.69) is 69.3 Å². The van der Waals surface area contributed by atoms with Crippen molar-refractivity contribution in [3.63, 3.8) is 0 Å². The summed E-state index contributed by atoms with van der Waals surface area (Å²) in [5.41, 5.74) is 0. The summed E-state index contributed by atoms with van der Waals surface area (Å²) in [5, 5.41) is 2.30. The zero-order valence-corrected chi connectivity index (χ0v) is 22.7. The fourth-order valence-corrected chi connectivity index (χ4v) is 11.0. The van der Waals surface area contributed by atoms with E-state index in [1.807, 2.05) is 19.1 Å². The molecule has 0 bridgehead atoms. The van der Waals surface area contributed by atoms with Crippen LogP contribution in [-0.2, 0) is 18.8 Å². The summed E-state index contributed by atoms with van der Waals surface area (Å²) in [6.07, 6.45) is 4.86. The highest BCUT2D eigenvalue weighted by Crippen LogP contribution is 2.43. The van der Waals surface area contributed by atoms with E-state index in [1.165, 1.54) is 10.4 Å². The SMILES string of the molecule is C[C@H]1CCCC[C@H]2C(=O)CC[C@H](O[Si](c3ccccc3)(c3ccccc3)C(C)(C)C)[C@@H]2CC(=O)O1. The van der Waals surface area contributed by atoms with Gasteiger partial charge in [-0.15, -0.1) is 0 Å². The monoisotopic (exact) mass is 492 g/mol. The van der Waals surface area contributed by atoms with Crippen LogP contribution < -0.4 is 10.4 Å². The average Bonchev–Trinajstić information content (AvgIpc) is 2.83. The predicted octanol–water partition coefficient (Wildman–Crippen LogP) is 5.42. The van der Waals surface area contributed by atoms with E-state index in [4.69, 9.17) is 9.16 Å². The van der Waals surface area contributed by atoms with Crippen LogP contribution in [0.1, 0.15) is 72.6 Å². The minimum Gasteiger partial charge on any atom is -0.463 e. The smallest absolute Gasteiger partial charge is 0.306 e. The Labute approximate surface area is 211 Å². The van der Waals surface area contributed by atoms with E-state index in [0.29, 0.717) is 18.6 Å². The number of hydrogen-bond acceptors (Lipinski definition) is 4. The van der Waals surface area contributed by atoms with E-state index in [0.717, 1.165) is 25.7 Å². The predicted molar refractivity (Wildman–Crippen MR) is 142 cm³/mol. The molecule has 2 aliphatic rings. The first-order valence-electron chi connectivity index (χ1n) is 13.2. The molecule has 4 nitrogen and oxygen atoms in total. The molecule has 188 valence electrons. The van der Waals surface area contributed by atoms with E-state index < -0.39 is 8.32 Å². The highest BCUT2D eigenvalue weighted by Gasteiger charge is 2.53. The molecular weight excluding hydrogens is 452 g/mol. The number of rotatable bonds is 4. The molecule has 0 aromatic heterocycles. The second-order valence-corrected chi connectivity index (χ2v) is 15.6. The van der Waals surface area contributed by atoms with Gasteiger partial charge in [0, 0.05) is 18.3 Å². The van der Waals surface area contributed by atoms with Crippen molar-refractivity contribution in [2.45, 2.75) is 89.9 Å². The lowest BCUT2D eigenvalue weighted by Gasteiger charge is -2.48. The third-order valence-electron chi connectivity index (χ3n) is 7.94. The maximum absolute atomic E-state index is 13.1. The number of ketones is 1. The van der Waals surface area contributed by atoms with Gasteiger partial charge in [0.2, 0.25) is 0 Å². The molecule has 35 heavy (non-hydrogen) atoms. The van der Waals surface area contributed by atoms with Crippen molar-refractivity contribution in [3.8, 4) is 0 Å². The van der Waals surface area contributed by atoms with Crippen LogP contribution in [0.3, 0.4) is 0 Å². The lowest BCUT2D eigenvalue weighted by Crippen LogP contribution is -2.68. The quantitative estimate of drug-likeness (QED) is 0.422. The average molecular weight is 493 g/mol. The van der Waals surface area contributed by atoms with Crippen LogP contribution in [0.25, 0.3) is 0 Å². The molecule has 0 N–H and O–H groups in total. The highest BCUT2D eigenvalue weighted by molar-refractivity contribution is 6.99. The number of hydrogen-bond donors (Lipinski definition) is 0. The lowest BCUT2D eigenvalue weighted by atomic mass is 9.72. The Bertz CT molecular complexity index is 959. The Balaban J connectivity index is 1.79. The first-order chi connectivity index (χ1) is 16.7. The normalized spacial score (nSPS) is 26.5. The topological polar surface area (TPSA) is 52.6 Å². The summed E-state index contributed by atoms with van der Waals surface area (Å²) >= 11 is 0. The van der Waals surface area contributed by atoms with Crippen molar-refractivity contribution in [2.75, 3.05) is 0 Å². The van der Waals surface area contributed by atoms with Crippen LogP contribution >= 0.6 is 0 Å². The second kappa shape index (κ2) is 10.8. The van der Waals surface area contributed by atoms with Crippen LogP contribution in [0, 0.1) is 11.8 Å². The minimum absolute atomic E-state index is 0.0746. The van der Waals surface area contributed by atoms with Gasteiger partial charge in [0.05, 0.1) is 18.6 Å². The number of Topliss-reactive ketones (excluding diaryl/α,β-unsaturated/α-hetero) is 1. The maximum Gasteiger partial charge on any atom is 0.306 e. The molecule has 1 heterocycles. The van der Waals surface area contributed by atoms with Gasteiger partial charge in [0.25, 0.3) is 8.32 Å². The van der Waals surface area contributed by atoms with E-state index in [1.54, 1.807) is 0 Å². The standard InChI is InChI=1S/C30H40O4Si/c1-22-13-11-12-18-25-26(21-29(32)33-22)28(20-19-27(25)31)34-35(30(2,3)4,23-14-7-5-8-15-23)24-16-9-6-10-17-24/h5-10,14-17,22,25-26,28H,11-13,18-21H2,1-4H3/t22-,25+,26+,28-/m0/s1. The Kier molecular flexibility index (Phi) is 7.97. The first kappa shape index (κ1) is 25.8. The van der Waals surface area contributed by atoms with E-state index >= 15 is 0 Å². The van der Waals surface area contributed by atoms with Crippen molar-refractivity contribution < 1.29 is 18.8 Å². The number of esters is 1. The molecule has 2 aromatic rings. The maximum atomic E-state index is 13.1. The fraction of sp³-hybridized carbons (Fsp3) is 0.533. The van der Waals surface area contributed by atoms with Crippen LogP contribution in [0.5, 0.6) is 0 Å². The third kappa shape index (κ3) is 5.46. The molecule has 0 spiro atoms. The molecule has 2 fully saturated rings. The van der Waals surface area contributed by atoms with Crippen molar-refractivity contribution in [1.29, 1.82) is 0 Å². The number of ether oxygens (including phenoxy) is 1. The summed E-state index contributed by atoms with van der Waals surface area (Å²) in [4.78, 5) is 26.1. The van der Waals surface area contributed by atoms with Gasteiger partial charge in [0.15, 0.2) is 0 Å². The molecule has 1 aliphatic carbocycles. The molecule has 2 aromatic carbocycles. The first-order valence-corrected chi connectivity index (χ1v) is 15.1. The Hall–Kier alpha value is -2.24. The Morgan fingerprint density at radius 1 is 0.857 bits per heavy atom. The van der Waals surface area contributed by atoms with Gasteiger partial charge in [-0.25, -0.2) is 0 Å². The minimum atomic E-state index is -2.79. The molecule has 4 atom stereocenters. The van der Waals surface area contributed by atoms with Gasteiger partial charge >= 0.3 is 5.97 Å². The molecule has 4 rings (SSSR count). The summed E-state index contributed by atoms with van der Waals surface area (Å²) in [5.74, 6) is -0.178. The Morgan fingerprint density at radius 3 is 2.00 bits per heavy atom. The lowest BCUT2D eigenvalue weighted by molar-refractivity contribution is -0.153. The van der Waals surface area contributed by atoms with Crippen molar-refractivity contribution in [2.24, 2.45) is 11.8 Å². The summed E-state index contributed by atoms with van der Waals surface area (Å²) in [7, 11) is -2.79. The fourth-order valence-electron chi connectivity index (χ4n) is 6.22. The van der Waals surface area contributed by atoms with Gasteiger partial charge in [0.1, 0.15) is 5.78 Å². The summed E-state index contributed by atoms with van der Waals surface area (Å²) in [6.45, 7) is 8.79. The molecular formula is C30H40O4Si. The molecule has 1 aliphatic heterocycles. The van der Waals surface area contributed by atoms with Gasteiger partial charge in [-0.05, 0) is 48.0 Å². The van der Waals surface area contributed by atoms with Crippen molar-refractivity contribution >= 4 is 30.4 Å². The van der Waals surface area contributed by atoms with Gasteiger partial charge < -0.3 is 9.16 Å². The van der Waals surface area contributed by atoms with Crippen molar-refractivity contribution in [3.05, 3.63) is 60.7 Å². The van der Waals surface area contributed by atoms with Gasteiger partial charge in [-0.2, -0.15) is 0 Å². The third-order valence-corrected chi connectivity index (χ3v) is 13.0. The van der Waals surface area contributed by atoms with E-state index in [9.17, 15) is 9.59 Å². The number of carbonyl (C=O) groups excluding carboxylic acids is 2. The number of fused-ring (bicyclic) bond motifs is 1. The summed E-state index contributed by atoms with van der Waals surface area (Å²) in [6, 6.07) is 21.2. The van der Waals surface area contributed by atoms with Crippen LogP contribution in [0.2, 0.25) is 5.04 Å². The molecule has 1 saturated carbocycles. The zero-order chi connectivity index (χ0) is 25.1.